The van der Waals surface area contributed by atoms with Gasteiger partial charge in [0.15, 0.2) is 0 Å². The van der Waals surface area contributed by atoms with Gasteiger partial charge in [-0.15, -0.1) is 0 Å². The van der Waals surface area contributed by atoms with E-state index in [1.165, 1.54) is 0 Å². The number of nitrogens with zero attached hydrogens (tertiary/aromatic N) is 1. The maximum absolute atomic E-state index is 13.0. The van der Waals surface area contributed by atoms with Gasteiger partial charge in [-0.1, -0.05) is 0 Å². The smallest absolute Gasteiger partial charge is 0.305 e. The van der Waals surface area contributed by atoms with Crippen molar-refractivity contribution in [3.05, 3.63) is 39.2 Å². The van der Waals surface area contributed by atoms with E-state index in [9.17, 15) is 19.3 Å². The molecule has 1 N–H and O–H groups in total. The summed E-state index contributed by atoms with van der Waals surface area (Å²) in [6.07, 6.45) is 0. The highest BCUT2D eigenvalue weighted by Gasteiger charge is 2.25. The lowest BCUT2D eigenvalue weighted by molar-refractivity contribution is -0.387. The molecule has 6 heteroatoms. The summed E-state index contributed by atoms with van der Waals surface area (Å²) in [5.41, 5.74) is -0.0306. The lowest BCUT2D eigenvalue weighted by atomic mass is 10.1. The van der Waals surface area contributed by atoms with Crippen molar-refractivity contribution >= 4 is 11.6 Å². The van der Waals surface area contributed by atoms with E-state index in [4.69, 9.17) is 0 Å². The number of nitro benzene ring substituents is 1. The van der Waals surface area contributed by atoms with E-state index in [1.807, 2.05) is 0 Å². The molecule has 0 unspecified atom stereocenters. The predicted molar refractivity (Wildman–Crippen MR) is 44.2 cm³/mol. The van der Waals surface area contributed by atoms with Crippen LogP contribution in [0.15, 0.2) is 12.1 Å². The van der Waals surface area contributed by atoms with Crippen LogP contribution in [-0.2, 0) is 6.54 Å². The lowest BCUT2D eigenvalue weighted by Gasteiger charge is -1.97. The number of nitro groups is 1. The van der Waals surface area contributed by atoms with Gasteiger partial charge in [0, 0.05) is 12.6 Å². The molecule has 14 heavy (non-hydrogen) atoms. The highest BCUT2D eigenvalue weighted by atomic mass is 19.1. The standard InChI is InChI=1S/C8H5FN2O3/c9-6-1-4-3-10-8(12)5(4)2-7(6)11(13)14/h1-2H,3H2,(H,10,12). The molecule has 0 saturated heterocycles. The molecule has 0 saturated carbocycles. The van der Waals surface area contributed by atoms with Gasteiger partial charge >= 0.3 is 5.69 Å². The molecule has 72 valence electrons. The number of rotatable bonds is 1. The normalized spacial score (nSPS) is 13.6. The van der Waals surface area contributed by atoms with E-state index in [1.54, 1.807) is 0 Å². The molecule has 0 atom stereocenters. The molecule has 1 aliphatic rings. The summed E-state index contributed by atoms with van der Waals surface area (Å²) < 4.78 is 13.0. The minimum Gasteiger partial charge on any atom is -0.348 e. The first-order valence-corrected chi connectivity index (χ1v) is 3.84. The van der Waals surface area contributed by atoms with E-state index in [0.29, 0.717) is 5.56 Å². The molecule has 0 aliphatic carbocycles. The number of benzene rings is 1. The molecule has 2 rings (SSSR count). The Morgan fingerprint density at radius 1 is 1.50 bits per heavy atom. The van der Waals surface area contributed by atoms with Crippen LogP contribution in [-0.4, -0.2) is 10.8 Å². The molecule has 0 aromatic heterocycles. The second kappa shape index (κ2) is 2.76. The fraction of sp³-hybridized carbons (Fsp3) is 0.125. The third kappa shape index (κ3) is 1.12. The third-order valence-corrected chi connectivity index (χ3v) is 2.05. The Morgan fingerprint density at radius 3 is 2.86 bits per heavy atom. The molecular weight excluding hydrogens is 191 g/mol. The number of fused-ring (bicyclic) bond motifs is 1. The molecule has 1 amide bonds. The van der Waals surface area contributed by atoms with Gasteiger partial charge in [-0.25, -0.2) is 0 Å². The maximum Gasteiger partial charge on any atom is 0.305 e. The number of hydrogen-bond acceptors (Lipinski definition) is 3. The number of carbonyl (C=O) groups is 1. The predicted octanol–water partition coefficient (Wildman–Crippen LogP) is 0.977. The zero-order valence-electron chi connectivity index (χ0n) is 6.91. The third-order valence-electron chi connectivity index (χ3n) is 2.05. The first kappa shape index (κ1) is 8.61. The first-order chi connectivity index (χ1) is 6.59. The van der Waals surface area contributed by atoms with Crippen molar-refractivity contribution in [1.82, 2.24) is 5.32 Å². The molecular formula is C8H5FN2O3. The van der Waals surface area contributed by atoms with Gasteiger partial charge in [0.1, 0.15) is 0 Å². The van der Waals surface area contributed by atoms with Crippen molar-refractivity contribution in [2.75, 3.05) is 0 Å². The van der Waals surface area contributed by atoms with Crippen molar-refractivity contribution in [3.63, 3.8) is 0 Å². The van der Waals surface area contributed by atoms with Crippen LogP contribution in [0.25, 0.3) is 0 Å². The van der Waals surface area contributed by atoms with Gasteiger partial charge in [0.05, 0.1) is 10.5 Å². The molecule has 0 fully saturated rings. The Bertz CT molecular complexity index is 444. The molecule has 1 aromatic carbocycles. The molecule has 1 heterocycles. The summed E-state index contributed by atoms with van der Waals surface area (Å²) in [6, 6.07) is 1.98. The van der Waals surface area contributed by atoms with E-state index in [0.717, 1.165) is 12.1 Å². The molecule has 1 aromatic rings. The number of hydrogen-bond donors (Lipinski definition) is 1. The van der Waals surface area contributed by atoms with E-state index in [2.05, 4.69) is 5.32 Å². The van der Waals surface area contributed by atoms with Crippen molar-refractivity contribution in [2.45, 2.75) is 6.54 Å². The Morgan fingerprint density at radius 2 is 2.21 bits per heavy atom. The fourth-order valence-electron chi connectivity index (χ4n) is 1.37. The van der Waals surface area contributed by atoms with Crippen molar-refractivity contribution in [2.24, 2.45) is 0 Å². The summed E-state index contributed by atoms with van der Waals surface area (Å²) in [4.78, 5) is 20.6. The van der Waals surface area contributed by atoms with Gasteiger partial charge in [-0.2, -0.15) is 4.39 Å². The second-order valence-electron chi connectivity index (χ2n) is 2.90. The van der Waals surface area contributed by atoms with Crippen LogP contribution < -0.4 is 5.32 Å². The summed E-state index contributed by atoms with van der Waals surface area (Å²) in [5.74, 6) is -1.31. The van der Waals surface area contributed by atoms with Crippen LogP contribution >= 0.6 is 0 Å². The van der Waals surface area contributed by atoms with Gasteiger partial charge < -0.3 is 5.32 Å². The van der Waals surface area contributed by atoms with E-state index < -0.39 is 22.3 Å². The Kier molecular flexibility index (Phi) is 1.70. The number of halogens is 1. The quantitative estimate of drug-likeness (QED) is 0.537. The Labute approximate surface area is 77.7 Å². The topological polar surface area (TPSA) is 72.2 Å². The molecule has 0 bridgehead atoms. The van der Waals surface area contributed by atoms with Crippen LogP contribution in [0.3, 0.4) is 0 Å². The Hall–Kier alpha value is -1.98. The summed E-state index contributed by atoms with van der Waals surface area (Å²) in [6.45, 7) is 0.225. The largest absolute Gasteiger partial charge is 0.348 e. The maximum atomic E-state index is 13.0. The molecule has 1 aliphatic heterocycles. The van der Waals surface area contributed by atoms with Crippen molar-refractivity contribution in [3.8, 4) is 0 Å². The van der Waals surface area contributed by atoms with Crippen LogP contribution in [0.4, 0.5) is 10.1 Å². The number of amides is 1. The minimum atomic E-state index is -0.912. The van der Waals surface area contributed by atoms with E-state index in [-0.39, 0.29) is 12.1 Å². The monoisotopic (exact) mass is 196 g/mol. The SMILES string of the molecule is O=C1NCc2cc(F)c([N+](=O)[O-])cc21. The van der Waals surface area contributed by atoms with Crippen LogP contribution in [0.1, 0.15) is 15.9 Å². The van der Waals surface area contributed by atoms with Gasteiger partial charge in [0.2, 0.25) is 5.82 Å². The molecule has 5 nitrogen and oxygen atoms in total. The summed E-state index contributed by atoms with van der Waals surface area (Å²) >= 11 is 0. The molecule has 0 radical (unpaired) electrons. The lowest BCUT2D eigenvalue weighted by Crippen LogP contribution is -2.12. The van der Waals surface area contributed by atoms with E-state index >= 15 is 0 Å². The fourth-order valence-corrected chi connectivity index (χ4v) is 1.37. The zero-order valence-corrected chi connectivity index (χ0v) is 6.91. The van der Waals surface area contributed by atoms with Gasteiger partial charge in [-0.3, -0.25) is 14.9 Å². The zero-order chi connectivity index (χ0) is 10.3. The minimum absolute atomic E-state index is 0.179. The van der Waals surface area contributed by atoms with Crippen LogP contribution in [0.2, 0.25) is 0 Å². The van der Waals surface area contributed by atoms with Gasteiger partial charge in [-0.05, 0) is 11.6 Å². The average Bonchev–Trinajstić information content (AvgIpc) is 2.46. The second-order valence-corrected chi connectivity index (χ2v) is 2.90. The Balaban J connectivity index is 2.62. The van der Waals surface area contributed by atoms with Crippen LogP contribution in [0, 0.1) is 15.9 Å². The average molecular weight is 196 g/mol. The highest BCUT2D eigenvalue weighted by molar-refractivity contribution is 5.98. The number of nitrogens with one attached hydrogen (secondary N) is 1. The van der Waals surface area contributed by atoms with Crippen LogP contribution in [0.5, 0.6) is 0 Å². The van der Waals surface area contributed by atoms with Crippen molar-refractivity contribution < 1.29 is 14.1 Å². The van der Waals surface area contributed by atoms with Crippen molar-refractivity contribution in [1.29, 1.82) is 0 Å². The van der Waals surface area contributed by atoms with Gasteiger partial charge in [0.25, 0.3) is 5.91 Å². The highest BCUT2D eigenvalue weighted by Crippen LogP contribution is 2.24. The summed E-state index contributed by atoms with van der Waals surface area (Å²) in [7, 11) is 0. The summed E-state index contributed by atoms with van der Waals surface area (Å²) in [5, 5.41) is 12.8. The first-order valence-electron chi connectivity index (χ1n) is 3.84. The number of carbonyl (C=O) groups excluding carboxylic acids is 1. The molecule has 0 spiro atoms.